The summed E-state index contributed by atoms with van der Waals surface area (Å²) in [7, 11) is 3.37. The number of hydrogen-bond donors (Lipinski definition) is 1. The Morgan fingerprint density at radius 1 is 1.39 bits per heavy atom. The second kappa shape index (κ2) is 5.08. The minimum Gasteiger partial charge on any atom is -0.481 e. The molecule has 0 aliphatic rings. The van der Waals surface area contributed by atoms with E-state index in [1.807, 2.05) is 13.0 Å². The molecule has 96 valence electrons. The Morgan fingerprint density at radius 3 is 2.83 bits per heavy atom. The van der Waals surface area contributed by atoms with Gasteiger partial charge in [-0.05, 0) is 13.0 Å². The van der Waals surface area contributed by atoms with Gasteiger partial charge in [0.1, 0.15) is 5.82 Å². The molecule has 0 aliphatic carbocycles. The van der Waals surface area contributed by atoms with Gasteiger partial charge in [0.2, 0.25) is 5.88 Å². The molecule has 2 aromatic rings. The van der Waals surface area contributed by atoms with Crippen LogP contribution in [-0.2, 0) is 13.6 Å². The highest BCUT2D eigenvalue weighted by atomic mass is 19.1. The second-order valence-electron chi connectivity index (χ2n) is 4.14. The van der Waals surface area contributed by atoms with E-state index >= 15 is 0 Å². The van der Waals surface area contributed by atoms with Crippen LogP contribution in [0.25, 0.3) is 0 Å². The first-order chi connectivity index (χ1) is 8.60. The van der Waals surface area contributed by atoms with E-state index in [9.17, 15) is 4.39 Å². The molecule has 0 fully saturated rings. The van der Waals surface area contributed by atoms with Crippen LogP contribution in [0.2, 0.25) is 0 Å². The fourth-order valence-electron chi connectivity index (χ4n) is 1.75. The molecule has 0 bridgehead atoms. The highest BCUT2D eigenvalue weighted by Gasteiger charge is 2.06. The molecular weight excluding hydrogens is 233 g/mol. The SMILES string of the molecule is COc1cc(NCc2cc(C)ccc2F)nn1C. The van der Waals surface area contributed by atoms with E-state index in [-0.39, 0.29) is 5.82 Å². The zero-order valence-electron chi connectivity index (χ0n) is 10.7. The number of hydrogen-bond acceptors (Lipinski definition) is 3. The molecule has 0 saturated carbocycles. The number of rotatable bonds is 4. The summed E-state index contributed by atoms with van der Waals surface area (Å²) in [5, 5.41) is 7.28. The molecule has 18 heavy (non-hydrogen) atoms. The third kappa shape index (κ3) is 2.61. The van der Waals surface area contributed by atoms with Crippen molar-refractivity contribution in [3.05, 3.63) is 41.2 Å². The van der Waals surface area contributed by atoms with Gasteiger partial charge in [0.15, 0.2) is 5.82 Å². The molecule has 1 heterocycles. The Kier molecular flexibility index (Phi) is 3.50. The number of halogens is 1. The number of nitrogens with one attached hydrogen (secondary N) is 1. The molecule has 0 amide bonds. The van der Waals surface area contributed by atoms with Crippen molar-refractivity contribution in [3.8, 4) is 5.88 Å². The number of ether oxygens (including phenoxy) is 1. The average Bonchev–Trinajstić information content (AvgIpc) is 2.71. The van der Waals surface area contributed by atoms with Crippen molar-refractivity contribution in [1.82, 2.24) is 9.78 Å². The lowest BCUT2D eigenvalue weighted by atomic mass is 10.1. The summed E-state index contributed by atoms with van der Waals surface area (Å²) >= 11 is 0. The maximum Gasteiger partial charge on any atom is 0.213 e. The van der Waals surface area contributed by atoms with Gasteiger partial charge in [0.05, 0.1) is 7.11 Å². The van der Waals surface area contributed by atoms with Crippen LogP contribution < -0.4 is 10.1 Å². The Bertz CT molecular complexity index is 551. The molecule has 1 aromatic carbocycles. The van der Waals surface area contributed by atoms with E-state index in [1.54, 1.807) is 31.0 Å². The molecule has 0 aliphatic heterocycles. The third-order valence-electron chi connectivity index (χ3n) is 2.71. The number of benzene rings is 1. The van der Waals surface area contributed by atoms with Gasteiger partial charge in [-0.15, -0.1) is 0 Å². The van der Waals surface area contributed by atoms with Crippen molar-refractivity contribution >= 4 is 5.82 Å². The fraction of sp³-hybridized carbons (Fsp3) is 0.308. The van der Waals surface area contributed by atoms with Crippen LogP contribution in [0.5, 0.6) is 5.88 Å². The monoisotopic (exact) mass is 249 g/mol. The second-order valence-corrected chi connectivity index (χ2v) is 4.14. The van der Waals surface area contributed by atoms with E-state index in [0.717, 1.165) is 5.56 Å². The van der Waals surface area contributed by atoms with Gasteiger partial charge in [-0.1, -0.05) is 17.7 Å². The van der Waals surface area contributed by atoms with Crippen LogP contribution in [0.15, 0.2) is 24.3 Å². The van der Waals surface area contributed by atoms with Crippen molar-refractivity contribution in [2.75, 3.05) is 12.4 Å². The van der Waals surface area contributed by atoms with E-state index < -0.39 is 0 Å². The number of aromatic nitrogens is 2. The largest absolute Gasteiger partial charge is 0.481 e. The minimum atomic E-state index is -0.212. The molecular formula is C13H16FN3O. The standard InChI is InChI=1S/C13H16FN3O/c1-9-4-5-11(14)10(6-9)8-15-12-7-13(18-3)17(2)16-12/h4-7H,8H2,1-3H3,(H,15,16). The Labute approximate surface area is 105 Å². The van der Waals surface area contributed by atoms with Crippen LogP contribution in [0, 0.1) is 12.7 Å². The lowest BCUT2D eigenvalue weighted by molar-refractivity contribution is 0.373. The Morgan fingerprint density at radius 2 is 2.17 bits per heavy atom. The molecule has 1 N–H and O–H groups in total. The molecule has 0 saturated heterocycles. The molecule has 2 rings (SSSR count). The summed E-state index contributed by atoms with van der Waals surface area (Å²) in [6.45, 7) is 2.33. The van der Waals surface area contributed by atoms with E-state index in [0.29, 0.717) is 23.8 Å². The predicted octanol–water partition coefficient (Wildman–Crippen LogP) is 2.49. The summed E-state index contributed by atoms with van der Waals surface area (Å²) in [4.78, 5) is 0. The first kappa shape index (κ1) is 12.4. The maximum absolute atomic E-state index is 13.5. The molecule has 0 spiro atoms. The van der Waals surface area contributed by atoms with Gasteiger partial charge in [-0.25, -0.2) is 9.07 Å². The van der Waals surface area contributed by atoms with E-state index in [2.05, 4.69) is 10.4 Å². The van der Waals surface area contributed by atoms with Crippen molar-refractivity contribution < 1.29 is 9.13 Å². The summed E-state index contributed by atoms with van der Waals surface area (Å²) in [5.41, 5.74) is 1.66. The van der Waals surface area contributed by atoms with Crippen molar-refractivity contribution in [2.24, 2.45) is 7.05 Å². The highest BCUT2D eigenvalue weighted by Crippen LogP contribution is 2.17. The van der Waals surface area contributed by atoms with Crippen LogP contribution in [0.1, 0.15) is 11.1 Å². The van der Waals surface area contributed by atoms with Crippen LogP contribution in [-0.4, -0.2) is 16.9 Å². The van der Waals surface area contributed by atoms with Crippen LogP contribution in [0.4, 0.5) is 10.2 Å². The number of nitrogens with zero attached hydrogens (tertiary/aromatic N) is 2. The molecule has 0 atom stereocenters. The minimum absolute atomic E-state index is 0.212. The van der Waals surface area contributed by atoms with Gasteiger partial charge < -0.3 is 10.1 Å². The van der Waals surface area contributed by atoms with Crippen molar-refractivity contribution in [1.29, 1.82) is 0 Å². The summed E-state index contributed by atoms with van der Waals surface area (Å²) in [6.07, 6.45) is 0. The first-order valence-electron chi connectivity index (χ1n) is 5.67. The average molecular weight is 249 g/mol. The highest BCUT2D eigenvalue weighted by molar-refractivity contribution is 5.40. The number of aryl methyl sites for hydroxylation is 2. The lowest BCUT2D eigenvalue weighted by Gasteiger charge is -2.05. The number of methoxy groups -OCH3 is 1. The zero-order valence-corrected chi connectivity index (χ0v) is 10.7. The lowest BCUT2D eigenvalue weighted by Crippen LogP contribution is -2.03. The van der Waals surface area contributed by atoms with Crippen LogP contribution in [0.3, 0.4) is 0 Å². The number of anilines is 1. The normalized spacial score (nSPS) is 10.4. The molecule has 0 radical (unpaired) electrons. The zero-order chi connectivity index (χ0) is 13.1. The fourth-order valence-corrected chi connectivity index (χ4v) is 1.75. The quantitative estimate of drug-likeness (QED) is 0.904. The first-order valence-corrected chi connectivity index (χ1v) is 5.67. The van der Waals surface area contributed by atoms with Gasteiger partial charge in [0, 0.05) is 25.2 Å². The smallest absolute Gasteiger partial charge is 0.213 e. The van der Waals surface area contributed by atoms with E-state index in [1.165, 1.54) is 6.07 Å². The summed E-state index contributed by atoms with van der Waals surface area (Å²) in [6, 6.07) is 6.82. The summed E-state index contributed by atoms with van der Waals surface area (Å²) < 4.78 is 20.3. The molecule has 4 nitrogen and oxygen atoms in total. The molecule has 5 heteroatoms. The van der Waals surface area contributed by atoms with Gasteiger partial charge in [0.25, 0.3) is 0 Å². The predicted molar refractivity (Wildman–Crippen MR) is 68.2 cm³/mol. The van der Waals surface area contributed by atoms with Gasteiger partial charge in [-0.2, -0.15) is 5.10 Å². The Hall–Kier alpha value is -2.04. The van der Waals surface area contributed by atoms with Crippen LogP contribution >= 0.6 is 0 Å². The molecule has 1 aromatic heterocycles. The van der Waals surface area contributed by atoms with E-state index in [4.69, 9.17) is 4.74 Å². The third-order valence-corrected chi connectivity index (χ3v) is 2.71. The maximum atomic E-state index is 13.5. The van der Waals surface area contributed by atoms with Crippen molar-refractivity contribution in [2.45, 2.75) is 13.5 Å². The topological polar surface area (TPSA) is 39.1 Å². The molecule has 0 unspecified atom stereocenters. The van der Waals surface area contributed by atoms with Crippen molar-refractivity contribution in [3.63, 3.8) is 0 Å². The summed E-state index contributed by atoms with van der Waals surface area (Å²) in [5.74, 6) is 1.11. The Balaban J connectivity index is 2.08. The van der Waals surface area contributed by atoms with Gasteiger partial charge >= 0.3 is 0 Å². The van der Waals surface area contributed by atoms with Gasteiger partial charge in [-0.3, -0.25) is 0 Å².